The van der Waals surface area contributed by atoms with E-state index in [9.17, 15) is 14.0 Å². The summed E-state index contributed by atoms with van der Waals surface area (Å²) in [5.41, 5.74) is 5.00. The number of benzene rings is 3. The topological polar surface area (TPSA) is 40.6 Å². The van der Waals surface area contributed by atoms with E-state index in [0.29, 0.717) is 35.6 Å². The van der Waals surface area contributed by atoms with Gasteiger partial charge in [0.25, 0.3) is 11.8 Å². The zero-order valence-corrected chi connectivity index (χ0v) is 18.4. The van der Waals surface area contributed by atoms with Crippen LogP contribution in [0.1, 0.15) is 29.2 Å². The minimum atomic E-state index is -0.422. The molecule has 5 heteroatoms. The first-order valence-electron chi connectivity index (χ1n) is 10.7. The number of hydrogen-bond acceptors (Lipinski definition) is 3. The van der Waals surface area contributed by atoms with Crippen LogP contribution < -0.4 is 4.90 Å². The third-order valence-electron chi connectivity index (χ3n) is 5.85. The van der Waals surface area contributed by atoms with Crippen LogP contribution >= 0.6 is 0 Å². The second-order valence-corrected chi connectivity index (χ2v) is 7.94. The number of likely N-dealkylation sites (N-methyl/N-ethyl adjacent to an activating group) is 1. The molecule has 4 rings (SSSR count). The normalized spacial score (nSPS) is 13.8. The predicted molar refractivity (Wildman–Crippen MR) is 124 cm³/mol. The number of imide groups is 1. The molecule has 1 aliphatic rings. The van der Waals surface area contributed by atoms with Gasteiger partial charge in [0.05, 0.1) is 11.3 Å². The zero-order chi connectivity index (χ0) is 22.8. The molecule has 0 aromatic heterocycles. The standard InChI is InChI=1S/C27H25FN2O2/c1-4-29(17-20-8-6-5-7-9-20)25-24(21-11-10-18(2)19(3)16-21)26(31)30(27(25)32)23-14-12-22(28)13-15-23/h5-16H,4,17H2,1-3H3. The highest BCUT2D eigenvalue weighted by Crippen LogP contribution is 2.36. The van der Waals surface area contributed by atoms with Crippen LogP contribution in [0.3, 0.4) is 0 Å². The average molecular weight is 429 g/mol. The first-order chi connectivity index (χ1) is 15.4. The van der Waals surface area contributed by atoms with E-state index in [1.807, 2.05) is 74.2 Å². The smallest absolute Gasteiger partial charge is 0.282 e. The molecule has 0 saturated heterocycles. The molecule has 0 atom stereocenters. The molecule has 0 unspecified atom stereocenters. The Morgan fingerprint density at radius 2 is 1.53 bits per heavy atom. The van der Waals surface area contributed by atoms with Gasteiger partial charge in [0, 0.05) is 13.1 Å². The maximum atomic E-state index is 13.6. The lowest BCUT2D eigenvalue weighted by Gasteiger charge is -2.25. The van der Waals surface area contributed by atoms with E-state index in [-0.39, 0.29) is 0 Å². The molecule has 0 aliphatic carbocycles. The number of halogens is 1. The fourth-order valence-corrected chi connectivity index (χ4v) is 3.95. The summed E-state index contributed by atoms with van der Waals surface area (Å²) < 4.78 is 13.5. The quantitative estimate of drug-likeness (QED) is 0.504. The fraction of sp³-hybridized carbons (Fsp3) is 0.185. The molecule has 3 aromatic carbocycles. The summed E-state index contributed by atoms with van der Waals surface area (Å²) in [5, 5.41) is 0. The van der Waals surface area contributed by atoms with Gasteiger partial charge >= 0.3 is 0 Å². The summed E-state index contributed by atoms with van der Waals surface area (Å²) in [7, 11) is 0. The molecule has 162 valence electrons. The Morgan fingerprint density at radius 3 is 2.16 bits per heavy atom. The molecule has 0 bridgehead atoms. The number of anilines is 1. The Morgan fingerprint density at radius 1 is 0.844 bits per heavy atom. The van der Waals surface area contributed by atoms with E-state index in [1.165, 1.54) is 24.3 Å². The van der Waals surface area contributed by atoms with Gasteiger partial charge in [-0.15, -0.1) is 0 Å². The van der Waals surface area contributed by atoms with Crippen LogP contribution in [0.2, 0.25) is 0 Å². The summed E-state index contributed by atoms with van der Waals surface area (Å²) in [6.45, 7) is 7.01. The predicted octanol–water partition coefficient (Wildman–Crippen LogP) is 5.25. The molecule has 2 amide bonds. The molecule has 3 aromatic rings. The van der Waals surface area contributed by atoms with Gasteiger partial charge in [0.15, 0.2) is 0 Å². The SMILES string of the molecule is CCN(Cc1ccccc1)C1=C(c2ccc(C)c(C)c2)C(=O)N(c2ccc(F)cc2)C1=O. The van der Waals surface area contributed by atoms with Crippen molar-refractivity contribution in [1.29, 1.82) is 0 Å². The third kappa shape index (κ3) is 3.94. The largest absolute Gasteiger partial charge is 0.362 e. The van der Waals surface area contributed by atoms with E-state index in [4.69, 9.17) is 0 Å². The van der Waals surface area contributed by atoms with Crippen LogP contribution in [-0.4, -0.2) is 23.3 Å². The number of carbonyl (C=O) groups is 2. The number of aryl methyl sites for hydroxylation is 2. The van der Waals surface area contributed by atoms with Gasteiger partial charge in [0.1, 0.15) is 11.5 Å². The summed E-state index contributed by atoms with van der Waals surface area (Å²) in [5.74, 6) is -1.21. The van der Waals surface area contributed by atoms with E-state index in [1.54, 1.807) is 0 Å². The lowest BCUT2D eigenvalue weighted by Crippen LogP contribution is -2.35. The van der Waals surface area contributed by atoms with Gasteiger partial charge < -0.3 is 4.90 Å². The molecule has 0 fully saturated rings. The second-order valence-electron chi connectivity index (χ2n) is 7.94. The lowest BCUT2D eigenvalue weighted by molar-refractivity contribution is -0.120. The number of hydrogen-bond donors (Lipinski definition) is 0. The maximum Gasteiger partial charge on any atom is 0.282 e. The Hall–Kier alpha value is -3.73. The van der Waals surface area contributed by atoms with E-state index in [2.05, 4.69) is 0 Å². The number of rotatable bonds is 6. The molecule has 0 spiro atoms. The first-order valence-corrected chi connectivity index (χ1v) is 10.7. The van der Waals surface area contributed by atoms with Crippen LogP contribution in [0, 0.1) is 19.7 Å². The minimum Gasteiger partial charge on any atom is -0.362 e. The van der Waals surface area contributed by atoms with Crippen molar-refractivity contribution in [3.05, 3.63) is 107 Å². The molecular weight excluding hydrogens is 403 g/mol. The summed E-state index contributed by atoms with van der Waals surface area (Å²) in [4.78, 5) is 30.3. The van der Waals surface area contributed by atoms with Crippen molar-refractivity contribution in [3.63, 3.8) is 0 Å². The Labute approximate surface area is 187 Å². The van der Waals surface area contributed by atoms with Crippen LogP contribution in [0.15, 0.2) is 78.5 Å². The van der Waals surface area contributed by atoms with Crippen molar-refractivity contribution in [2.24, 2.45) is 0 Å². The maximum absolute atomic E-state index is 13.6. The van der Waals surface area contributed by atoms with Crippen molar-refractivity contribution < 1.29 is 14.0 Å². The second kappa shape index (κ2) is 8.79. The number of carbonyl (C=O) groups excluding carboxylic acids is 2. The van der Waals surface area contributed by atoms with Crippen molar-refractivity contribution in [2.75, 3.05) is 11.4 Å². The first kappa shape index (κ1) is 21.5. The summed E-state index contributed by atoms with van der Waals surface area (Å²) >= 11 is 0. The highest BCUT2D eigenvalue weighted by atomic mass is 19.1. The van der Waals surface area contributed by atoms with Crippen LogP contribution in [0.5, 0.6) is 0 Å². The molecule has 0 N–H and O–H groups in total. The van der Waals surface area contributed by atoms with E-state index >= 15 is 0 Å². The number of nitrogens with zero attached hydrogens (tertiary/aromatic N) is 2. The van der Waals surface area contributed by atoms with Gasteiger partial charge in [-0.3, -0.25) is 9.59 Å². The summed E-state index contributed by atoms with van der Waals surface area (Å²) in [6.07, 6.45) is 0. The Balaban J connectivity index is 1.85. The average Bonchev–Trinajstić information content (AvgIpc) is 3.05. The van der Waals surface area contributed by atoms with Gasteiger partial charge in [0.2, 0.25) is 0 Å². The van der Waals surface area contributed by atoms with E-state index in [0.717, 1.165) is 21.6 Å². The van der Waals surface area contributed by atoms with Crippen molar-refractivity contribution in [2.45, 2.75) is 27.3 Å². The zero-order valence-electron chi connectivity index (χ0n) is 18.4. The lowest BCUT2D eigenvalue weighted by atomic mass is 9.99. The highest BCUT2D eigenvalue weighted by molar-refractivity contribution is 6.45. The van der Waals surface area contributed by atoms with Crippen molar-refractivity contribution in [1.82, 2.24) is 4.90 Å². The van der Waals surface area contributed by atoms with Crippen LogP contribution in [-0.2, 0) is 16.1 Å². The fourth-order valence-electron chi connectivity index (χ4n) is 3.95. The molecule has 1 aliphatic heterocycles. The summed E-state index contributed by atoms with van der Waals surface area (Å²) in [6, 6.07) is 21.1. The van der Waals surface area contributed by atoms with Gasteiger partial charge in [-0.25, -0.2) is 9.29 Å². The van der Waals surface area contributed by atoms with Crippen LogP contribution in [0.4, 0.5) is 10.1 Å². The van der Waals surface area contributed by atoms with Crippen molar-refractivity contribution >= 4 is 23.1 Å². The molecule has 32 heavy (non-hydrogen) atoms. The van der Waals surface area contributed by atoms with Gasteiger partial charge in [-0.2, -0.15) is 0 Å². The van der Waals surface area contributed by atoms with Gasteiger partial charge in [-0.1, -0.05) is 48.5 Å². The molecule has 4 nitrogen and oxygen atoms in total. The molecule has 1 heterocycles. The highest BCUT2D eigenvalue weighted by Gasteiger charge is 2.42. The molecular formula is C27H25FN2O2. The molecule has 0 radical (unpaired) electrons. The Bertz CT molecular complexity index is 1200. The minimum absolute atomic E-state index is 0.355. The Kier molecular flexibility index (Phi) is 5.91. The van der Waals surface area contributed by atoms with Crippen LogP contribution in [0.25, 0.3) is 5.57 Å². The van der Waals surface area contributed by atoms with Gasteiger partial charge in [-0.05, 0) is 67.3 Å². The van der Waals surface area contributed by atoms with Crippen molar-refractivity contribution in [3.8, 4) is 0 Å². The number of amides is 2. The third-order valence-corrected chi connectivity index (χ3v) is 5.85. The van der Waals surface area contributed by atoms with E-state index < -0.39 is 17.6 Å². The monoisotopic (exact) mass is 428 g/mol. The molecule has 0 saturated carbocycles.